The number of benzene rings is 2. The third-order valence-corrected chi connectivity index (χ3v) is 7.40. The van der Waals surface area contributed by atoms with Crippen LogP contribution in [0.15, 0.2) is 53.4 Å². The van der Waals surface area contributed by atoms with E-state index in [1.54, 1.807) is 0 Å². The maximum absolute atomic E-state index is 12.6. The van der Waals surface area contributed by atoms with E-state index in [9.17, 15) is 13.2 Å². The van der Waals surface area contributed by atoms with Gasteiger partial charge in [-0.05, 0) is 49.6 Å². The van der Waals surface area contributed by atoms with Crippen molar-refractivity contribution in [2.75, 3.05) is 26.7 Å². The molecule has 1 saturated heterocycles. The summed E-state index contributed by atoms with van der Waals surface area (Å²) in [5.41, 5.74) is 2.55. The summed E-state index contributed by atoms with van der Waals surface area (Å²) in [6.45, 7) is 4.59. The first kappa shape index (κ1) is 22.7. The van der Waals surface area contributed by atoms with Crippen LogP contribution in [0.5, 0.6) is 0 Å². The molecule has 0 unspecified atom stereocenters. The molecule has 0 aliphatic carbocycles. The van der Waals surface area contributed by atoms with E-state index >= 15 is 0 Å². The predicted molar refractivity (Wildman–Crippen MR) is 119 cm³/mol. The number of rotatable bonds is 7. The lowest BCUT2D eigenvalue weighted by Gasteiger charge is -2.32. The number of hydrogen-bond acceptors (Lipinski definition) is 4. The standard InChI is InChI=1S/C22H28ClN3O3S/c1-17-4-3-5-18(14-17)15-26-12-10-20(11-13-26)24-22(27)16-25(2)30(28,29)21-8-6-19(23)7-9-21/h3-9,14,20H,10-13,15-16H2,1-2H3,(H,24,27). The fraction of sp³-hybridized carbons (Fsp3) is 0.409. The molecule has 1 N–H and O–H groups in total. The van der Waals surface area contributed by atoms with Crippen molar-refractivity contribution < 1.29 is 13.2 Å². The van der Waals surface area contributed by atoms with Crippen molar-refractivity contribution in [3.63, 3.8) is 0 Å². The third-order valence-electron chi connectivity index (χ3n) is 5.33. The lowest BCUT2D eigenvalue weighted by atomic mass is 10.0. The first-order valence-corrected chi connectivity index (χ1v) is 11.8. The van der Waals surface area contributed by atoms with Crippen molar-refractivity contribution in [1.82, 2.24) is 14.5 Å². The Bertz CT molecular complexity index is 971. The van der Waals surface area contributed by atoms with Crippen LogP contribution in [0.2, 0.25) is 5.02 Å². The summed E-state index contributed by atoms with van der Waals surface area (Å²) in [6.07, 6.45) is 1.70. The first-order valence-electron chi connectivity index (χ1n) is 10.0. The predicted octanol–water partition coefficient (Wildman–Crippen LogP) is 3.05. The minimum absolute atomic E-state index is 0.0675. The monoisotopic (exact) mass is 449 g/mol. The molecule has 0 radical (unpaired) electrons. The molecule has 3 rings (SSSR count). The maximum atomic E-state index is 12.6. The summed E-state index contributed by atoms with van der Waals surface area (Å²) in [7, 11) is -2.32. The number of halogens is 1. The second-order valence-corrected chi connectivity index (χ2v) is 10.3. The molecule has 0 atom stereocenters. The summed E-state index contributed by atoms with van der Waals surface area (Å²) in [4.78, 5) is 14.9. The second kappa shape index (κ2) is 9.92. The molecule has 0 spiro atoms. The van der Waals surface area contributed by atoms with Gasteiger partial charge in [-0.3, -0.25) is 9.69 Å². The van der Waals surface area contributed by atoms with Crippen LogP contribution in [0.4, 0.5) is 0 Å². The van der Waals surface area contributed by atoms with Gasteiger partial charge in [0.15, 0.2) is 0 Å². The van der Waals surface area contributed by atoms with Gasteiger partial charge in [0, 0.05) is 37.7 Å². The highest BCUT2D eigenvalue weighted by molar-refractivity contribution is 7.89. The number of carbonyl (C=O) groups excluding carboxylic acids is 1. The Balaban J connectivity index is 1.47. The Morgan fingerprint density at radius 1 is 1.17 bits per heavy atom. The minimum atomic E-state index is -3.73. The van der Waals surface area contributed by atoms with Crippen molar-refractivity contribution in [1.29, 1.82) is 0 Å². The summed E-state index contributed by atoms with van der Waals surface area (Å²) in [6, 6.07) is 14.5. The van der Waals surface area contributed by atoms with E-state index < -0.39 is 10.0 Å². The summed E-state index contributed by atoms with van der Waals surface area (Å²) < 4.78 is 26.3. The minimum Gasteiger partial charge on any atom is -0.352 e. The van der Waals surface area contributed by atoms with Crippen molar-refractivity contribution in [3.05, 3.63) is 64.7 Å². The number of carbonyl (C=O) groups is 1. The zero-order valence-electron chi connectivity index (χ0n) is 17.3. The molecule has 30 heavy (non-hydrogen) atoms. The van der Waals surface area contributed by atoms with Gasteiger partial charge in [0.25, 0.3) is 0 Å². The average Bonchev–Trinajstić information content (AvgIpc) is 2.70. The Labute approximate surface area is 183 Å². The maximum Gasteiger partial charge on any atom is 0.243 e. The molecule has 2 aromatic rings. The van der Waals surface area contributed by atoms with Gasteiger partial charge in [-0.15, -0.1) is 0 Å². The van der Waals surface area contributed by atoms with E-state index in [2.05, 4.69) is 41.4 Å². The third kappa shape index (κ3) is 6.04. The molecule has 1 heterocycles. The van der Waals surface area contributed by atoms with E-state index in [0.29, 0.717) is 5.02 Å². The first-order chi connectivity index (χ1) is 14.2. The highest BCUT2D eigenvalue weighted by Crippen LogP contribution is 2.18. The van der Waals surface area contributed by atoms with Crippen molar-refractivity contribution in [3.8, 4) is 0 Å². The van der Waals surface area contributed by atoms with Crippen molar-refractivity contribution >= 4 is 27.5 Å². The van der Waals surface area contributed by atoms with E-state index in [-0.39, 0.29) is 23.4 Å². The van der Waals surface area contributed by atoms with Crippen LogP contribution >= 0.6 is 11.6 Å². The number of hydrogen-bond donors (Lipinski definition) is 1. The van der Waals surface area contributed by atoms with Crippen LogP contribution in [0.25, 0.3) is 0 Å². The van der Waals surface area contributed by atoms with E-state index in [0.717, 1.165) is 36.8 Å². The molecule has 6 nitrogen and oxygen atoms in total. The Hall–Kier alpha value is -1.93. The largest absolute Gasteiger partial charge is 0.352 e. The molecule has 1 amide bonds. The van der Waals surface area contributed by atoms with E-state index in [1.807, 2.05) is 0 Å². The van der Waals surface area contributed by atoms with Crippen LogP contribution in [0.1, 0.15) is 24.0 Å². The quantitative estimate of drug-likeness (QED) is 0.705. The number of likely N-dealkylation sites (tertiary alicyclic amines) is 1. The molecule has 0 bridgehead atoms. The summed E-state index contributed by atoms with van der Waals surface area (Å²) >= 11 is 5.82. The zero-order valence-corrected chi connectivity index (χ0v) is 18.9. The molecule has 162 valence electrons. The molecule has 1 aliphatic heterocycles. The average molecular weight is 450 g/mol. The van der Waals surface area contributed by atoms with Gasteiger partial charge in [0.2, 0.25) is 15.9 Å². The van der Waals surface area contributed by atoms with Gasteiger partial charge >= 0.3 is 0 Å². The van der Waals surface area contributed by atoms with E-state index in [4.69, 9.17) is 11.6 Å². The highest BCUT2D eigenvalue weighted by atomic mass is 35.5. The van der Waals surface area contributed by atoms with Gasteiger partial charge in [0.1, 0.15) is 0 Å². The van der Waals surface area contributed by atoms with Crippen LogP contribution in [-0.4, -0.2) is 56.3 Å². The number of piperidine rings is 1. The Morgan fingerprint density at radius 3 is 2.47 bits per heavy atom. The van der Waals surface area contributed by atoms with Gasteiger partial charge in [-0.1, -0.05) is 41.4 Å². The van der Waals surface area contributed by atoms with Crippen molar-refractivity contribution in [2.45, 2.75) is 37.2 Å². The number of aryl methyl sites for hydroxylation is 1. The van der Waals surface area contributed by atoms with Crippen LogP contribution < -0.4 is 5.32 Å². The Kier molecular flexibility index (Phi) is 7.52. The molecule has 0 saturated carbocycles. The number of sulfonamides is 1. The normalized spacial score (nSPS) is 16.0. The van der Waals surface area contributed by atoms with Gasteiger partial charge in [0.05, 0.1) is 11.4 Å². The zero-order chi connectivity index (χ0) is 21.7. The molecular formula is C22H28ClN3O3S. The SMILES string of the molecule is Cc1cccc(CN2CCC(NC(=O)CN(C)S(=O)(=O)c3ccc(Cl)cc3)CC2)c1. The van der Waals surface area contributed by atoms with Gasteiger partial charge < -0.3 is 5.32 Å². The lowest BCUT2D eigenvalue weighted by molar-refractivity contribution is -0.122. The second-order valence-electron chi connectivity index (χ2n) is 7.82. The highest BCUT2D eigenvalue weighted by Gasteiger charge is 2.25. The molecule has 1 fully saturated rings. The van der Waals surface area contributed by atoms with Gasteiger partial charge in [-0.2, -0.15) is 4.31 Å². The number of likely N-dealkylation sites (N-methyl/N-ethyl adjacent to an activating group) is 1. The molecule has 1 aliphatic rings. The number of nitrogens with one attached hydrogen (secondary N) is 1. The summed E-state index contributed by atoms with van der Waals surface area (Å²) in [5.74, 6) is -0.285. The molecule has 2 aromatic carbocycles. The van der Waals surface area contributed by atoms with Crippen LogP contribution in [0, 0.1) is 6.92 Å². The number of nitrogens with zero attached hydrogens (tertiary/aromatic N) is 2. The van der Waals surface area contributed by atoms with Crippen LogP contribution in [0.3, 0.4) is 0 Å². The number of amides is 1. The topological polar surface area (TPSA) is 69.7 Å². The lowest BCUT2D eigenvalue weighted by Crippen LogP contribution is -2.47. The smallest absolute Gasteiger partial charge is 0.243 e. The fourth-order valence-corrected chi connectivity index (χ4v) is 4.90. The van der Waals surface area contributed by atoms with Crippen LogP contribution in [-0.2, 0) is 21.4 Å². The molecule has 8 heteroatoms. The molecular weight excluding hydrogens is 422 g/mol. The van der Waals surface area contributed by atoms with Gasteiger partial charge in [-0.25, -0.2) is 8.42 Å². The Morgan fingerprint density at radius 2 is 1.83 bits per heavy atom. The molecule has 0 aromatic heterocycles. The summed E-state index contributed by atoms with van der Waals surface area (Å²) in [5, 5.41) is 3.44. The fourth-order valence-electron chi connectivity index (χ4n) is 3.65. The van der Waals surface area contributed by atoms with E-state index in [1.165, 1.54) is 42.4 Å². The van der Waals surface area contributed by atoms with Crippen molar-refractivity contribution in [2.24, 2.45) is 0 Å².